The summed E-state index contributed by atoms with van der Waals surface area (Å²) >= 11 is 0. The number of benzene rings is 1. The van der Waals surface area contributed by atoms with E-state index in [2.05, 4.69) is 16.0 Å². The summed E-state index contributed by atoms with van der Waals surface area (Å²) < 4.78 is 0. The summed E-state index contributed by atoms with van der Waals surface area (Å²) in [5.41, 5.74) is 3.22. The number of hydrogen-bond donors (Lipinski definition) is 2. The predicted molar refractivity (Wildman–Crippen MR) is 51.3 cm³/mol. The van der Waals surface area contributed by atoms with Crippen molar-refractivity contribution < 1.29 is 5.11 Å². The molecule has 1 aromatic heterocycles. The van der Waals surface area contributed by atoms with Gasteiger partial charge in [0.1, 0.15) is 0 Å². The number of nitrogens with zero attached hydrogens (tertiary/aromatic N) is 2. The van der Waals surface area contributed by atoms with Crippen LogP contribution in [0.2, 0.25) is 0 Å². The summed E-state index contributed by atoms with van der Waals surface area (Å²) in [6.07, 6.45) is 1.89. The van der Waals surface area contributed by atoms with Crippen molar-refractivity contribution in [1.82, 2.24) is 9.97 Å². The van der Waals surface area contributed by atoms with E-state index >= 15 is 0 Å². The van der Waals surface area contributed by atoms with Crippen LogP contribution in [-0.4, -0.2) is 15.1 Å². The molecule has 0 aliphatic rings. The summed E-state index contributed by atoms with van der Waals surface area (Å²) in [5.74, 6) is 0. The van der Waals surface area contributed by atoms with Crippen molar-refractivity contribution in [3.05, 3.63) is 29.6 Å². The predicted octanol–water partition coefficient (Wildman–Crippen LogP) is 1.12. The number of aromatic amines is 1. The van der Waals surface area contributed by atoms with Gasteiger partial charge >= 0.3 is 0 Å². The fraction of sp³-hybridized carbons (Fsp3) is 0.200. The van der Waals surface area contributed by atoms with Gasteiger partial charge in [-0.05, 0) is 11.6 Å². The third kappa shape index (κ3) is 1.24. The highest BCUT2D eigenvalue weighted by atomic mass is 16.3. The average molecular weight is 187 g/mol. The molecule has 0 amide bonds. The highest BCUT2D eigenvalue weighted by Crippen LogP contribution is 2.19. The molecular formula is C10H9N3O. The van der Waals surface area contributed by atoms with Gasteiger partial charge in [-0.1, -0.05) is 6.07 Å². The van der Waals surface area contributed by atoms with E-state index < -0.39 is 0 Å². The minimum absolute atomic E-state index is 0.0841. The first kappa shape index (κ1) is 8.73. The Balaban J connectivity index is 2.67. The summed E-state index contributed by atoms with van der Waals surface area (Å²) in [4.78, 5) is 7.07. The summed E-state index contributed by atoms with van der Waals surface area (Å²) in [5, 5.41) is 17.8. The van der Waals surface area contributed by atoms with E-state index in [1.165, 1.54) is 0 Å². The number of nitrogens with one attached hydrogen (secondary N) is 1. The number of aliphatic hydroxyl groups excluding tert-OH is 1. The lowest BCUT2D eigenvalue weighted by molar-refractivity contribution is 0.282. The Morgan fingerprint density at radius 1 is 1.50 bits per heavy atom. The second-order valence-electron chi connectivity index (χ2n) is 2.99. The number of nitriles is 1. The minimum Gasteiger partial charge on any atom is -0.392 e. The van der Waals surface area contributed by atoms with E-state index in [4.69, 9.17) is 5.26 Å². The maximum Gasteiger partial charge on any atom is 0.0940 e. The van der Waals surface area contributed by atoms with E-state index in [1.807, 2.05) is 12.1 Å². The van der Waals surface area contributed by atoms with Crippen LogP contribution in [0.3, 0.4) is 0 Å². The fourth-order valence-corrected chi connectivity index (χ4v) is 1.54. The Hall–Kier alpha value is -1.86. The molecule has 4 heteroatoms. The normalized spacial score (nSPS) is 10.3. The quantitative estimate of drug-likeness (QED) is 0.739. The van der Waals surface area contributed by atoms with E-state index in [0.717, 1.165) is 22.2 Å². The van der Waals surface area contributed by atoms with Gasteiger partial charge in [-0.25, -0.2) is 4.98 Å². The first-order valence-corrected chi connectivity index (χ1v) is 4.28. The molecule has 0 unspecified atom stereocenters. The Morgan fingerprint density at radius 2 is 2.36 bits per heavy atom. The van der Waals surface area contributed by atoms with E-state index in [0.29, 0.717) is 6.42 Å². The highest BCUT2D eigenvalue weighted by molar-refractivity contribution is 5.79. The van der Waals surface area contributed by atoms with Gasteiger partial charge in [0.05, 0.1) is 36.5 Å². The molecule has 0 bridgehead atoms. The zero-order chi connectivity index (χ0) is 9.97. The second-order valence-corrected chi connectivity index (χ2v) is 2.99. The molecule has 0 atom stereocenters. The molecule has 0 aliphatic heterocycles. The van der Waals surface area contributed by atoms with Crippen LogP contribution in [-0.2, 0) is 13.0 Å². The molecular weight excluding hydrogens is 178 g/mol. The van der Waals surface area contributed by atoms with Gasteiger partial charge in [-0.3, -0.25) is 0 Å². The van der Waals surface area contributed by atoms with Gasteiger partial charge in [0.2, 0.25) is 0 Å². The summed E-state index contributed by atoms with van der Waals surface area (Å²) in [7, 11) is 0. The monoisotopic (exact) mass is 187 g/mol. The second kappa shape index (κ2) is 3.48. The maximum atomic E-state index is 9.20. The van der Waals surface area contributed by atoms with E-state index in [9.17, 15) is 5.11 Å². The van der Waals surface area contributed by atoms with E-state index in [1.54, 1.807) is 6.33 Å². The first-order chi connectivity index (χ1) is 6.86. The van der Waals surface area contributed by atoms with Crippen LogP contribution in [0.5, 0.6) is 0 Å². The van der Waals surface area contributed by atoms with Crippen LogP contribution in [0.4, 0.5) is 0 Å². The number of rotatable bonds is 2. The van der Waals surface area contributed by atoms with Gasteiger partial charge in [-0.2, -0.15) is 5.26 Å². The van der Waals surface area contributed by atoms with Crippen molar-refractivity contribution in [2.24, 2.45) is 0 Å². The average Bonchev–Trinajstić information content (AvgIpc) is 2.66. The zero-order valence-corrected chi connectivity index (χ0v) is 7.49. The Morgan fingerprint density at radius 3 is 3.07 bits per heavy atom. The smallest absolute Gasteiger partial charge is 0.0940 e. The number of hydrogen-bond acceptors (Lipinski definition) is 3. The molecule has 1 aromatic carbocycles. The molecule has 4 nitrogen and oxygen atoms in total. The SMILES string of the molecule is N#CCc1ccc2[nH]cnc2c1CO. The van der Waals surface area contributed by atoms with Crippen LogP contribution >= 0.6 is 0 Å². The molecule has 0 aliphatic carbocycles. The van der Waals surface area contributed by atoms with Crippen LogP contribution in [0, 0.1) is 11.3 Å². The molecule has 2 aromatic rings. The van der Waals surface area contributed by atoms with Gasteiger partial charge < -0.3 is 10.1 Å². The molecule has 2 rings (SSSR count). The van der Waals surface area contributed by atoms with Gasteiger partial charge in [0.25, 0.3) is 0 Å². The minimum atomic E-state index is -0.0841. The molecule has 0 saturated carbocycles. The van der Waals surface area contributed by atoms with Crippen molar-refractivity contribution in [3.63, 3.8) is 0 Å². The Bertz CT molecular complexity index is 496. The highest BCUT2D eigenvalue weighted by Gasteiger charge is 2.07. The zero-order valence-electron chi connectivity index (χ0n) is 7.49. The molecule has 2 N–H and O–H groups in total. The topological polar surface area (TPSA) is 72.7 Å². The van der Waals surface area contributed by atoms with Gasteiger partial charge in [-0.15, -0.1) is 0 Å². The number of aliphatic hydroxyl groups is 1. The molecule has 14 heavy (non-hydrogen) atoms. The first-order valence-electron chi connectivity index (χ1n) is 4.28. The Kier molecular flexibility index (Phi) is 2.17. The standard InChI is InChI=1S/C10H9N3O/c11-4-3-7-1-2-9-10(8(7)5-14)13-6-12-9/h1-2,6,14H,3,5H2,(H,12,13). The summed E-state index contributed by atoms with van der Waals surface area (Å²) in [6.45, 7) is -0.0841. The molecule has 0 spiro atoms. The van der Waals surface area contributed by atoms with Crippen molar-refractivity contribution in [2.75, 3.05) is 0 Å². The van der Waals surface area contributed by atoms with Crippen LogP contribution in [0.15, 0.2) is 18.5 Å². The van der Waals surface area contributed by atoms with E-state index in [-0.39, 0.29) is 6.61 Å². The molecule has 0 radical (unpaired) electrons. The lowest BCUT2D eigenvalue weighted by Gasteiger charge is -2.03. The Labute approximate surface area is 80.8 Å². The molecule has 0 saturated heterocycles. The van der Waals surface area contributed by atoms with Crippen LogP contribution in [0.25, 0.3) is 11.0 Å². The van der Waals surface area contributed by atoms with Crippen LogP contribution in [0.1, 0.15) is 11.1 Å². The van der Waals surface area contributed by atoms with Crippen molar-refractivity contribution in [3.8, 4) is 6.07 Å². The maximum absolute atomic E-state index is 9.20. The van der Waals surface area contributed by atoms with Gasteiger partial charge in [0, 0.05) is 5.56 Å². The van der Waals surface area contributed by atoms with Crippen molar-refractivity contribution >= 4 is 11.0 Å². The van der Waals surface area contributed by atoms with Crippen molar-refractivity contribution in [2.45, 2.75) is 13.0 Å². The number of imidazole rings is 1. The number of fused-ring (bicyclic) bond motifs is 1. The largest absolute Gasteiger partial charge is 0.392 e. The van der Waals surface area contributed by atoms with Gasteiger partial charge in [0.15, 0.2) is 0 Å². The lowest BCUT2D eigenvalue weighted by atomic mass is 10.0. The lowest BCUT2D eigenvalue weighted by Crippen LogP contribution is -1.94. The van der Waals surface area contributed by atoms with Crippen molar-refractivity contribution in [1.29, 1.82) is 5.26 Å². The number of H-pyrrole nitrogens is 1. The number of aromatic nitrogens is 2. The molecule has 1 heterocycles. The third-order valence-corrected chi connectivity index (χ3v) is 2.22. The molecule has 70 valence electrons. The fourth-order valence-electron chi connectivity index (χ4n) is 1.54. The van der Waals surface area contributed by atoms with Crippen LogP contribution < -0.4 is 0 Å². The summed E-state index contributed by atoms with van der Waals surface area (Å²) in [6, 6.07) is 5.78. The third-order valence-electron chi connectivity index (χ3n) is 2.22. The molecule has 0 fully saturated rings.